The summed E-state index contributed by atoms with van der Waals surface area (Å²) in [5, 5.41) is 4.48. The number of nitrogens with zero attached hydrogens (tertiary/aromatic N) is 1. The third-order valence-corrected chi connectivity index (χ3v) is 3.22. The Kier molecular flexibility index (Phi) is 4.25. The molecule has 4 heteroatoms. The SMILES string of the molecule is COC(C)c1ncc(CNC(C)(C)C)s1. The summed E-state index contributed by atoms with van der Waals surface area (Å²) in [5.74, 6) is 0. The van der Waals surface area contributed by atoms with Gasteiger partial charge in [-0.05, 0) is 27.7 Å². The number of nitrogens with one attached hydrogen (secondary N) is 1. The van der Waals surface area contributed by atoms with Gasteiger partial charge >= 0.3 is 0 Å². The highest BCUT2D eigenvalue weighted by Gasteiger charge is 2.12. The van der Waals surface area contributed by atoms with Crippen LogP contribution in [0.1, 0.15) is 43.7 Å². The first kappa shape index (κ1) is 12.6. The predicted octanol–water partition coefficient (Wildman–Crippen LogP) is 2.74. The van der Waals surface area contributed by atoms with Crippen molar-refractivity contribution in [3.05, 3.63) is 16.1 Å². The Morgan fingerprint density at radius 3 is 2.73 bits per heavy atom. The fourth-order valence-corrected chi connectivity index (χ4v) is 1.93. The van der Waals surface area contributed by atoms with E-state index in [1.54, 1.807) is 18.4 Å². The number of thiazole rings is 1. The molecule has 1 rings (SSSR count). The van der Waals surface area contributed by atoms with Crippen LogP contribution >= 0.6 is 11.3 Å². The maximum absolute atomic E-state index is 5.22. The summed E-state index contributed by atoms with van der Waals surface area (Å²) >= 11 is 1.71. The van der Waals surface area contributed by atoms with Crippen LogP contribution in [0.3, 0.4) is 0 Å². The van der Waals surface area contributed by atoms with Gasteiger partial charge < -0.3 is 10.1 Å². The van der Waals surface area contributed by atoms with Gasteiger partial charge in [-0.2, -0.15) is 0 Å². The largest absolute Gasteiger partial charge is 0.375 e. The average Bonchev–Trinajstić information content (AvgIpc) is 2.61. The molecule has 1 heterocycles. The molecular weight excluding hydrogens is 208 g/mol. The number of hydrogen-bond donors (Lipinski definition) is 1. The second kappa shape index (κ2) is 5.05. The van der Waals surface area contributed by atoms with Gasteiger partial charge in [0.1, 0.15) is 11.1 Å². The van der Waals surface area contributed by atoms with E-state index in [1.165, 1.54) is 4.88 Å². The van der Waals surface area contributed by atoms with Gasteiger partial charge in [-0.25, -0.2) is 4.98 Å². The van der Waals surface area contributed by atoms with Crippen LogP contribution in [-0.4, -0.2) is 17.6 Å². The van der Waals surface area contributed by atoms with Crippen molar-refractivity contribution >= 4 is 11.3 Å². The van der Waals surface area contributed by atoms with E-state index in [9.17, 15) is 0 Å². The molecule has 0 aliphatic carbocycles. The van der Waals surface area contributed by atoms with Crippen molar-refractivity contribution in [1.82, 2.24) is 10.3 Å². The van der Waals surface area contributed by atoms with E-state index in [1.807, 2.05) is 13.1 Å². The molecule has 3 nitrogen and oxygen atoms in total. The van der Waals surface area contributed by atoms with Gasteiger partial charge in [-0.3, -0.25) is 0 Å². The molecule has 0 spiro atoms. The maximum atomic E-state index is 5.22. The van der Waals surface area contributed by atoms with Crippen LogP contribution < -0.4 is 5.32 Å². The van der Waals surface area contributed by atoms with Crippen LogP contribution in [0.15, 0.2) is 6.20 Å². The lowest BCUT2D eigenvalue weighted by Gasteiger charge is -2.19. The van der Waals surface area contributed by atoms with Crippen LogP contribution in [0.4, 0.5) is 0 Å². The monoisotopic (exact) mass is 228 g/mol. The molecule has 0 aliphatic heterocycles. The molecule has 0 aromatic carbocycles. The Hall–Kier alpha value is -0.450. The van der Waals surface area contributed by atoms with Crippen molar-refractivity contribution in [3.8, 4) is 0 Å². The van der Waals surface area contributed by atoms with Gasteiger partial charge in [0.25, 0.3) is 0 Å². The van der Waals surface area contributed by atoms with Gasteiger partial charge in [-0.1, -0.05) is 0 Å². The summed E-state index contributed by atoms with van der Waals surface area (Å²) in [6.07, 6.45) is 2.02. The van der Waals surface area contributed by atoms with E-state index in [0.29, 0.717) is 0 Å². The van der Waals surface area contributed by atoms with Crippen molar-refractivity contribution in [2.24, 2.45) is 0 Å². The minimum absolute atomic E-state index is 0.0957. The normalized spacial score (nSPS) is 14.2. The lowest BCUT2D eigenvalue weighted by Crippen LogP contribution is -2.34. The van der Waals surface area contributed by atoms with E-state index in [4.69, 9.17) is 4.74 Å². The topological polar surface area (TPSA) is 34.1 Å². The summed E-state index contributed by atoms with van der Waals surface area (Å²) in [6, 6.07) is 0. The number of methoxy groups -OCH3 is 1. The fourth-order valence-electron chi connectivity index (χ4n) is 1.05. The van der Waals surface area contributed by atoms with Crippen molar-refractivity contribution < 1.29 is 4.74 Å². The van der Waals surface area contributed by atoms with Crippen molar-refractivity contribution in [2.75, 3.05) is 7.11 Å². The molecule has 0 radical (unpaired) electrons. The summed E-state index contributed by atoms with van der Waals surface area (Å²) in [6.45, 7) is 9.36. The maximum Gasteiger partial charge on any atom is 0.121 e. The van der Waals surface area contributed by atoms with Gasteiger partial charge in [-0.15, -0.1) is 11.3 Å². The standard InChI is InChI=1S/C11H20N2OS/c1-8(14-5)10-12-6-9(15-10)7-13-11(2,3)4/h6,8,13H,7H2,1-5H3. The Morgan fingerprint density at radius 2 is 2.20 bits per heavy atom. The lowest BCUT2D eigenvalue weighted by molar-refractivity contribution is 0.119. The zero-order valence-corrected chi connectivity index (χ0v) is 10.9. The smallest absolute Gasteiger partial charge is 0.121 e. The van der Waals surface area contributed by atoms with Gasteiger partial charge in [0, 0.05) is 30.3 Å². The van der Waals surface area contributed by atoms with Crippen molar-refractivity contribution in [1.29, 1.82) is 0 Å². The van der Waals surface area contributed by atoms with E-state index in [-0.39, 0.29) is 11.6 Å². The molecule has 0 amide bonds. The first-order valence-electron chi connectivity index (χ1n) is 5.15. The van der Waals surface area contributed by atoms with Crippen molar-refractivity contribution in [3.63, 3.8) is 0 Å². The first-order chi connectivity index (χ1) is 6.92. The molecule has 1 aromatic rings. The number of aromatic nitrogens is 1. The summed E-state index contributed by atoms with van der Waals surface area (Å²) in [5.41, 5.74) is 0.150. The number of rotatable bonds is 4. The predicted molar refractivity (Wildman–Crippen MR) is 64.1 cm³/mol. The highest BCUT2D eigenvalue weighted by molar-refractivity contribution is 7.11. The van der Waals surface area contributed by atoms with E-state index in [0.717, 1.165) is 11.6 Å². The zero-order chi connectivity index (χ0) is 11.5. The molecular formula is C11H20N2OS. The summed E-state index contributed by atoms with van der Waals surface area (Å²) in [7, 11) is 1.71. The highest BCUT2D eigenvalue weighted by Crippen LogP contribution is 2.22. The molecule has 0 fully saturated rings. The second-order valence-electron chi connectivity index (χ2n) is 4.65. The van der Waals surface area contributed by atoms with Crippen LogP contribution in [0.2, 0.25) is 0 Å². The van der Waals surface area contributed by atoms with Gasteiger partial charge in [0.15, 0.2) is 0 Å². The van der Waals surface area contributed by atoms with Crippen LogP contribution in [-0.2, 0) is 11.3 Å². The van der Waals surface area contributed by atoms with E-state index < -0.39 is 0 Å². The minimum Gasteiger partial charge on any atom is -0.375 e. The quantitative estimate of drug-likeness (QED) is 0.860. The van der Waals surface area contributed by atoms with Gasteiger partial charge in [0.05, 0.1) is 0 Å². The average molecular weight is 228 g/mol. The van der Waals surface area contributed by atoms with Crippen LogP contribution in [0.25, 0.3) is 0 Å². The molecule has 1 N–H and O–H groups in total. The van der Waals surface area contributed by atoms with E-state index in [2.05, 4.69) is 31.1 Å². The second-order valence-corrected chi connectivity index (χ2v) is 5.79. The molecule has 1 unspecified atom stereocenters. The van der Waals surface area contributed by atoms with Crippen LogP contribution in [0.5, 0.6) is 0 Å². The Labute approximate surface area is 95.9 Å². The minimum atomic E-state index is 0.0957. The molecule has 0 bridgehead atoms. The molecule has 0 saturated heterocycles. The molecule has 1 atom stereocenters. The number of hydrogen-bond acceptors (Lipinski definition) is 4. The number of ether oxygens (including phenoxy) is 1. The zero-order valence-electron chi connectivity index (χ0n) is 10.1. The van der Waals surface area contributed by atoms with E-state index >= 15 is 0 Å². The molecule has 0 aliphatic rings. The molecule has 0 saturated carbocycles. The summed E-state index contributed by atoms with van der Waals surface area (Å²) in [4.78, 5) is 5.59. The Bertz CT molecular complexity index is 304. The van der Waals surface area contributed by atoms with Gasteiger partial charge in [0.2, 0.25) is 0 Å². The Balaban J connectivity index is 2.53. The van der Waals surface area contributed by atoms with Crippen molar-refractivity contribution in [2.45, 2.75) is 45.9 Å². The molecule has 15 heavy (non-hydrogen) atoms. The third-order valence-electron chi connectivity index (χ3n) is 2.07. The van der Waals surface area contributed by atoms with Crippen LogP contribution in [0, 0.1) is 0 Å². The third kappa shape index (κ3) is 4.28. The fraction of sp³-hybridized carbons (Fsp3) is 0.727. The first-order valence-corrected chi connectivity index (χ1v) is 5.96. The highest BCUT2D eigenvalue weighted by atomic mass is 32.1. The lowest BCUT2D eigenvalue weighted by atomic mass is 10.1. The molecule has 1 aromatic heterocycles. The molecule has 86 valence electrons. The Morgan fingerprint density at radius 1 is 1.53 bits per heavy atom. The summed E-state index contributed by atoms with van der Waals surface area (Å²) < 4.78 is 5.22.